The van der Waals surface area contributed by atoms with Crippen LogP contribution in [0.1, 0.15) is 25.8 Å². The molecule has 1 rings (SSSR count). The third-order valence-electron chi connectivity index (χ3n) is 3.14. The molecule has 0 fully saturated rings. The van der Waals surface area contributed by atoms with Crippen molar-refractivity contribution in [2.24, 2.45) is 5.41 Å². The first-order valence-electron chi connectivity index (χ1n) is 6.49. The standard InChI is InChI=1S/C14H23NO4S/c1-14(2,8-9-19-3)11-15-20(17,18)13-6-4-12(10-16)5-7-13/h4-7,15-16H,8-11H2,1-3H3. The maximum Gasteiger partial charge on any atom is 0.240 e. The van der Waals surface area contributed by atoms with E-state index in [9.17, 15) is 8.42 Å². The molecule has 20 heavy (non-hydrogen) atoms. The highest BCUT2D eigenvalue weighted by atomic mass is 32.2. The molecular formula is C14H23NO4S. The quantitative estimate of drug-likeness (QED) is 0.763. The molecule has 0 aromatic heterocycles. The van der Waals surface area contributed by atoms with Crippen molar-refractivity contribution in [1.82, 2.24) is 4.72 Å². The number of sulfonamides is 1. The SMILES string of the molecule is COCCC(C)(C)CNS(=O)(=O)c1ccc(CO)cc1. The molecule has 5 nitrogen and oxygen atoms in total. The van der Waals surface area contributed by atoms with Crippen LogP contribution in [0.25, 0.3) is 0 Å². The Morgan fingerprint density at radius 3 is 2.35 bits per heavy atom. The summed E-state index contributed by atoms with van der Waals surface area (Å²) in [5.41, 5.74) is 0.512. The Bertz CT molecular complexity index is 508. The predicted octanol–water partition coefficient (Wildman–Crippen LogP) is 1.52. The monoisotopic (exact) mass is 301 g/mol. The van der Waals surface area contributed by atoms with Crippen LogP contribution in [-0.2, 0) is 21.4 Å². The molecule has 0 radical (unpaired) electrons. The van der Waals surface area contributed by atoms with Gasteiger partial charge in [0, 0.05) is 20.3 Å². The van der Waals surface area contributed by atoms with E-state index in [0.717, 1.165) is 6.42 Å². The number of hydrogen-bond donors (Lipinski definition) is 2. The highest BCUT2D eigenvalue weighted by molar-refractivity contribution is 7.89. The number of hydrogen-bond acceptors (Lipinski definition) is 4. The van der Waals surface area contributed by atoms with Gasteiger partial charge in [-0.05, 0) is 29.5 Å². The zero-order valence-corrected chi connectivity index (χ0v) is 13.0. The summed E-state index contributed by atoms with van der Waals surface area (Å²) in [4.78, 5) is 0.206. The van der Waals surface area contributed by atoms with Gasteiger partial charge < -0.3 is 9.84 Å². The fourth-order valence-electron chi connectivity index (χ4n) is 1.61. The second-order valence-corrected chi connectivity index (χ2v) is 7.30. The Kier molecular flexibility index (Phi) is 6.13. The molecule has 0 spiro atoms. The number of benzene rings is 1. The summed E-state index contributed by atoms with van der Waals surface area (Å²) in [6, 6.07) is 6.20. The number of nitrogens with one attached hydrogen (secondary N) is 1. The van der Waals surface area contributed by atoms with Crippen LogP contribution >= 0.6 is 0 Å². The van der Waals surface area contributed by atoms with Crippen molar-refractivity contribution in [2.45, 2.75) is 31.8 Å². The number of rotatable bonds is 8. The molecule has 0 saturated heterocycles. The summed E-state index contributed by atoms with van der Waals surface area (Å²) in [5, 5.41) is 8.95. The van der Waals surface area contributed by atoms with E-state index in [2.05, 4.69) is 4.72 Å². The molecular weight excluding hydrogens is 278 g/mol. The van der Waals surface area contributed by atoms with Crippen LogP contribution in [0, 0.1) is 5.41 Å². The summed E-state index contributed by atoms with van der Waals surface area (Å²) in [5.74, 6) is 0. The summed E-state index contributed by atoms with van der Waals surface area (Å²) in [6.45, 7) is 4.82. The van der Waals surface area contributed by atoms with Crippen LogP contribution in [0.4, 0.5) is 0 Å². The number of methoxy groups -OCH3 is 1. The van der Waals surface area contributed by atoms with Crippen LogP contribution in [0.3, 0.4) is 0 Å². The second kappa shape index (κ2) is 7.17. The molecule has 1 aromatic rings. The van der Waals surface area contributed by atoms with Gasteiger partial charge in [0.1, 0.15) is 0 Å². The van der Waals surface area contributed by atoms with Crippen LogP contribution in [0.5, 0.6) is 0 Å². The molecule has 0 bridgehead atoms. The first-order chi connectivity index (χ1) is 9.30. The molecule has 0 amide bonds. The Labute approximate surface area is 121 Å². The van der Waals surface area contributed by atoms with E-state index in [1.807, 2.05) is 13.8 Å². The van der Waals surface area contributed by atoms with E-state index < -0.39 is 10.0 Å². The Hall–Kier alpha value is -0.950. The Balaban J connectivity index is 2.69. The highest BCUT2D eigenvalue weighted by Gasteiger charge is 2.22. The second-order valence-electron chi connectivity index (χ2n) is 5.53. The van der Waals surface area contributed by atoms with Gasteiger partial charge >= 0.3 is 0 Å². The van der Waals surface area contributed by atoms with Gasteiger partial charge in [-0.3, -0.25) is 0 Å². The van der Waals surface area contributed by atoms with Crippen molar-refractivity contribution < 1.29 is 18.3 Å². The van der Waals surface area contributed by atoms with E-state index >= 15 is 0 Å². The van der Waals surface area contributed by atoms with Crippen molar-refractivity contribution in [1.29, 1.82) is 0 Å². The third kappa shape index (κ3) is 5.20. The lowest BCUT2D eigenvalue weighted by Crippen LogP contribution is -2.34. The smallest absolute Gasteiger partial charge is 0.240 e. The van der Waals surface area contributed by atoms with Crippen molar-refractivity contribution in [3.05, 3.63) is 29.8 Å². The fourth-order valence-corrected chi connectivity index (χ4v) is 2.86. The summed E-state index contributed by atoms with van der Waals surface area (Å²) in [7, 11) is -1.89. The zero-order chi connectivity index (χ0) is 15.2. The minimum absolute atomic E-state index is 0.0994. The maximum atomic E-state index is 12.1. The average Bonchev–Trinajstić information content (AvgIpc) is 2.43. The Morgan fingerprint density at radius 2 is 1.85 bits per heavy atom. The van der Waals surface area contributed by atoms with Crippen molar-refractivity contribution in [3.63, 3.8) is 0 Å². The molecule has 0 unspecified atom stereocenters. The van der Waals surface area contributed by atoms with E-state index in [1.165, 1.54) is 12.1 Å². The molecule has 0 heterocycles. The van der Waals surface area contributed by atoms with E-state index in [1.54, 1.807) is 19.2 Å². The van der Waals surface area contributed by atoms with Crippen molar-refractivity contribution >= 4 is 10.0 Å². The molecule has 114 valence electrons. The van der Waals surface area contributed by atoms with Gasteiger partial charge in [0.05, 0.1) is 11.5 Å². The van der Waals surface area contributed by atoms with Gasteiger partial charge in [-0.2, -0.15) is 0 Å². The lowest BCUT2D eigenvalue weighted by Gasteiger charge is -2.24. The van der Waals surface area contributed by atoms with Gasteiger partial charge in [0.25, 0.3) is 0 Å². The highest BCUT2D eigenvalue weighted by Crippen LogP contribution is 2.20. The average molecular weight is 301 g/mol. The normalized spacial score (nSPS) is 12.6. The lowest BCUT2D eigenvalue weighted by atomic mass is 9.90. The summed E-state index contributed by atoms with van der Waals surface area (Å²) < 4.78 is 31.9. The van der Waals surface area contributed by atoms with Crippen molar-refractivity contribution in [3.8, 4) is 0 Å². The maximum absolute atomic E-state index is 12.1. The molecule has 6 heteroatoms. The molecule has 0 aliphatic carbocycles. The van der Waals surface area contributed by atoms with Crippen LogP contribution in [-0.4, -0.2) is 33.8 Å². The fraction of sp³-hybridized carbons (Fsp3) is 0.571. The molecule has 0 saturated carbocycles. The first kappa shape index (κ1) is 17.1. The zero-order valence-electron chi connectivity index (χ0n) is 12.2. The van der Waals surface area contributed by atoms with Gasteiger partial charge in [0.15, 0.2) is 0 Å². The molecule has 0 atom stereocenters. The first-order valence-corrected chi connectivity index (χ1v) is 7.97. The molecule has 0 aliphatic heterocycles. The van der Waals surface area contributed by atoms with Gasteiger partial charge in [-0.15, -0.1) is 0 Å². The van der Waals surface area contributed by atoms with Gasteiger partial charge in [-0.25, -0.2) is 13.1 Å². The number of aliphatic hydroxyl groups excluding tert-OH is 1. The van der Waals surface area contributed by atoms with E-state index in [0.29, 0.717) is 18.7 Å². The topological polar surface area (TPSA) is 75.6 Å². The number of aliphatic hydroxyl groups is 1. The molecule has 2 N–H and O–H groups in total. The number of ether oxygens (including phenoxy) is 1. The van der Waals surface area contributed by atoms with Crippen LogP contribution in [0.2, 0.25) is 0 Å². The van der Waals surface area contributed by atoms with Gasteiger partial charge in [0.2, 0.25) is 10.0 Å². The minimum Gasteiger partial charge on any atom is -0.392 e. The Morgan fingerprint density at radius 1 is 1.25 bits per heavy atom. The van der Waals surface area contributed by atoms with Gasteiger partial charge in [-0.1, -0.05) is 26.0 Å². The van der Waals surface area contributed by atoms with E-state index in [4.69, 9.17) is 9.84 Å². The predicted molar refractivity (Wildman–Crippen MR) is 77.8 cm³/mol. The lowest BCUT2D eigenvalue weighted by molar-refractivity contribution is 0.153. The third-order valence-corrected chi connectivity index (χ3v) is 4.56. The largest absolute Gasteiger partial charge is 0.392 e. The van der Waals surface area contributed by atoms with Crippen LogP contribution in [0.15, 0.2) is 29.2 Å². The van der Waals surface area contributed by atoms with Crippen molar-refractivity contribution in [2.75, 3.05) is 20.3 Å². The summed E-state index contributed by atoms with van der Waals surface area (Å²) >= 11 is 0. The van der Waals surface area contributed by atoms with Crippen LogP contribution < -0.4 is 4.72 Å². The molecule has 1 aromatic carbocycles. The summed E-state index contributed by atoms with van der Waals surface area (Å²) in [6.07, 6.45) is 0.773. The van der Waals surface area contributed by atoms with E-state index in [-0.39, 0.29) is 16.9 Å². The molecule has 0 aliphatic rings. The minimum atomic E-state index is -3.52.